The third-order valence-electron chi connectivity index (χ3n) is 5.32. The standard InChI is InChI=1S/C26H29N5O2/c1-25(2,3)18-12-16(13-19(22(18)32)26(4,5)6)15-29-21-20(14-27)30-24(33)31(23(21)28)17-10-8-7-9-11-17/h7-13,15,32H,28H2,1-6H3. The van der Waals surface area contributed by atoms with Crippen LogP contribution in [0.4, 0.5) is 11.5 Å². The SMILES string of the molecule is CC(C)(C)c1cc(C=Nc2c(C#N)nc(=O)n(-c3ccccc3)c2N)cc(C(C)(C)C)c1O. The first kappa shape index (κ1) is 23.7. The lowest BCUT2D eigenvalue weighted by Crippen LogP contribution is -2.25. The van der Waals surface area contributed by atoms with Crippen molar-refractivity contribution in [2.45, 2.75) is 52.4 Å². The zero-order chi connectivity index (χ0) is 24.6. The molecule has 0 atom stereocenters. The second kappa shape index (κ2) is 8.55. The summed E-state index contributed by atoms with van der Waals surface area (Å²) in [7, 11) is 0. The Morgan fingerprint density at radius 2 is 1.61 bits per heavy atom. The van der Waals surface area contributed by atoms with Crippen molar-refractivity contribution in [3.63, 3.8) is 0 Å². The van der Waals surface area contributed by atoms with Crippen LogP contribution in [0.5, 0.6) is 5.75 Å². The molecule has 0 saturated carbocycles. The van der Waals surface area contributed by atoms with Gasteiger partial charge in [0.25, 0.3) is 0 Å². The average Bonchev–Trinajstić information content (AvgIpc) is 2.72. The lowest BCUT2D eigenvalue weighted by molar-refractivity contribution is 0.423. The van der Waals surface area contributed by atoms with Crippen molar-refractivity contribution in [2.24, 2.45) is 4.99 Å². The topological polar surface area (TPSA) is 117 Å². The Labute approximate surface area is 193 Å². The van der Waals surface area contributed by atoms with Crippen molar-refractivity contribution in [1.82, 2.24) is 9.55 Å². The first-order chi connectivity index (χ1) is 15.3. The second-order valence-corrected chi connectivity index (χ2v) is 9.98. The van der Waals surface area contributed by atoms with E-state index >= 15 is 0 Å². The predicted molar refractivity (Wildman–Crippen MR) is 132 cm³/mol. The number of hydrogen-bond donors (Lipinski definition) is 2. The van der Waals surface area contributed by atoms with Crippen molar-refractivity contribution in [3.05, 3.63) is 75.3 Å². The smallest absolute Gasteiger partial charge is 0.355 e. The zero-order valence-corrected chi connectivity index (χ0v) is 19.8. The van der Waals surface area contributed by atoms with Gasteiger partial charge in [-0.1, -0.05) is 59.7 Å². The molecule has 7 nitrogen and oxygen atoms in total. The van der Waals surface area contributed by atoms with Gasteiger partial charge in [-0.2, -0.15) is 10.2 Å². The lowest BCUT2D eigenvalue weighted by Gasteiger charge is -2.27. The molecule has 3 rings (SSSR count). The molecule has 0 amide bonds. The maximum absolute atomic E-state index is 12.5. The number of benzene rings is 2. The van der Waals surface area contributed by atoms with Crippen LogP contribution in [0, 0.1) is 11.3 Å². The lowest BCUT2D eigenvalue weighted by atomic mass is 9.78. The molecule has 2 aromatic carbocycles. The highest BCUT2D eigenvalue weighted by Crippen LogP contribution is 2.39. The van der Waals surface area contributed by atoms with Gasteiger partial charge in [0.1, 0.15) is 23.3 Å². The van der Waals surface area contributed by atoms with Crippen molar-refractivity contribution < 1.29 is 5.11 Å². The normalized spacial score (nSPS) is 12.2. The second-order valence-electron chi connectivity index (χ2n) is 9.98. The Kier molecular flexibility index (Phi) is 6.15. The van der Waals surface area contributed by atoms with Gasteiger partial charge in [0.05, 0.1) is 5.69 Å². The van der Waals surface area contributed by atoms with Crippen molar-refractivity contribution >= 4 is 17.7 Å². The van der Waals surface area contributed by atoms with Gasteiger partial charge in [0.15, 0.2) is 5.69 Å². The number of nitriles is 1. The molecule has 0 aliphatic rings. The minimum atomic E-state index is -0.649. The molecule has 0 saturated heterocycles. The highest BCUT2D eigenvalue weighted by Gasteiger charge is 2.26. The van der Waals surface area contributed by atoms with Crippen molar-refractivity contribution in [3.8, 4) is 17.5 Å². The van der Waals surface area contributed by atoms with Gasteiger partial charge in [-0.05, 0) is 40.7 Å². The largest absolute Gasteiger partial charge is 0.507 e. The van der Waals surface area contributed by atoms with E-state index in [0.717, 1.165) is 16.7 Å². The van der Waals surface area contributed by atoms with Gasteiger partial charge in [0.2, 0.25) is 0 Å². The summed E-state index contributed by atoms with van der Waals surface area (Å²) in [5, 5.41) is 20.5. The number of aliphatic imine (C=N–C) groups is 1. The van der Waals surface area contributed by atoms with E-state index in [4.69, 9.17) is 5.73 Å². The summed E-state index contributed by atoms with van der Waals surface area (Å²) in [4.78, 5) is 20.9. The molecule has 0 aliphatic heterocycles. The van der Waals surface area contributed by atoms with E-state index in [1.807, 2.05) is 65.8 Å². The van der Waals surface area contributed by atoms with Crippen LogP contribution in [-0.2, 0) is 10.8 Å². The van der Waals surface area contributed by atoms with E-state index in [2.05, 4.69) is 9.98 Å². The molecule has 1 aromatic heterocycles. The number of nitrogens with zero attached hydrogens (tertiary/aromatic N) is 4. The summed E-state index contributed by atoms with van der Waals surface area (Å²) in [6.07, 6.45) is 1.58. The number of aromatic hydroxyl groups is 1. The molecule has 0 unspecified atom stereocenters. The fraction of sp³-hybridized carbons (Fsp3) is 0.308. The molecule has 0 spiro atoms. The Balaban J connectivity index is 2.22. The van der Waals surface area contributed by atoms with Gasteiger partial charge in [-0.25, -0.2) is 14.4 Å². The van der Waals surface area contributed by atoms with Crippen LogP contribution in [0.3, 0.4) is 0 Å². The van der Waals surface area contributed by atoms with Crippen molar-refractivity contribution in [1.29, 1.82) is 5.26 Å². The van der Waals surface area contributed by atoms with Gasteiger partial charge >= 0.3 is 5.69 Å². The fourth-order valence-electron chi connectivity index (χ4n) is 3.57. The van der Waals surface area contributed by atoms with Gasteiger partial charge in [-0.15, -0.1) is 0 Å². The monoisotopic (exact) mass is 443 g/mol. The van der Waals surface area contributed by atoms with Gasteiger partial charge in [0, 0.05) is 17.3 Å². The van der Waals surface area contributed by atoms with Crippen LogP contribution < -0.4 is 11.4 Å². The van der Waals surface area contributed by atoms with Crippen LogP contribution in [0.2, 0.25) is 0 Å². The molecule has 0 aliphatic carbocycles. The summed E-state index contributed by atoms with van der Waals surface area (Å²) in [6.45, 7) is 12.2. The van der Waals surface area contributed by atoms with E-state index in [9.17, 15) is 15.2 Å². The summed E-state index contributed by atoms with van der Waals surface area (Å²) in [5.41, 5.74) is 7.87. The summed E-state index contributed by atoms with van der Waals surface area (Å²) in [6, 6.07) is 14.5. The molecule has 7 heteroatoms. The van der Waals surface area contributed by atoms with Gasteiger partial charge in [-0.3, -0.25) is 0 Å². The van der Waals surface area contributed by atoms with Crippen LogP contribution >= 0.6 is 0 Å². The van der Waals surface area contributed by atoms with Gasteiger partial charge < -0.3 is 10.8 Å². The summed E-state index contributed by atoms with van der Waals surface area (Å²) in [5.74, 6) is 0.295. The third-order valence-corrected chi connectivity index (χ3v) is 5.32. The highest BCUT2D eigenvalue weighted by molar-refractivity contribution is 5.86. The van der Waals surface area contributed by atoms with E-state index in [0.29, 0.717) is 5.69 Å². The number of phenolic OH excluding ortho intramolecular Hbond substituents is 1. The number of nitrogen functional groups attached to an aromatic ring is 1. The minimum absolute atomic E-state index is 0.0277. The zero-order valence-electron chi connectivity index (χ0n) is 19.8. The molecule has 170 valence electrons. The average molecular weight is 444 g/mol. The molecule has 1 heterocycles. The molecular formula is C26H29N5O2. The number of aromatic nitrogens is 2. The molecule has 3 N–H and O–H groups in total. The van der Waals surface area contributed by atoms with Crippen LogP contribution in [0.1, 0.15) is 63.9 Å². The Morgan fingerprint density at radius 3 is 2.09 bits per heavy atom. The molecule has 3 aromatic rings. The Hall–Kier alpha value is -3.92. The number of phenols is 1. The summed E-state index contributed by atoms with van der Waals surface area (Å²) < 4.78 is 1.23. The summed E-state index contributed by atoms with van der Waals surface area (Å²) >= 11 is 0. The first-order valence-electron chi connectivity index (χ1n) is 10.6. The van der Waals surface area contributed by atoms with E-state index < -0.39 is 5.69 Å². The molecular weight excluding hydrogens is 414 g/mol. The maximum atomic E-state index is 12.5. The fourth-order valence-corrected chi connectivity index (χ4v) is 3.57. The van der Waals surface area contributed by atoms with Crippen LogP contribution in [0.25, 0.3) is 5.69 Å². The Bertz CT molecular complexity index is 1280. The quantitative estimate of drug-likeness (QED) is 0.567. The van der Waals surface area contributed by atoms with E-state index in [-0.39, 0.29) is 33.8 Å². The molecule has 0 fully saturated rings. The molecule has 0 bridgehead atoms. The number of anilines is 1. The first-order valence-corrected chi connectivity index (χ1v) is 10.6. The predicted octanol–water partition coefficient (Wildman–Crippen LogP) is 4.74. The Morgan fingerprint density at radius 1 is 1.06 bits per heavy atom. The number of hydrogen-bond acceptors (Lipinski definition) is 6. The van der Waals surface area contributed by atoms with E-state index in [1.165, 1.54) is 4.57 Å². The van der Waals surface area contributed by atoms with E-state index in [1.54, 1.807) is 30.5 Å². The molecule has 0 radical (unpaired) electrons. The highest BCUT2D eigenvalue weighted by atomic mass is 16.3. The minimum Gasteiger partial charge on any atom is -0.507 e. The van der Waals surface area contributed by atoms with Crippen molar-refractivity contribution in [2.75, 3.05) is 5.73 Å². The maximum Gasteiger partial charge on any atom is 0.355 e. The van der Waals surface area contributed by atoms with Crippen LogP contribution in [-0.4, -0.2) is 20.9 Å². The molecule has 33 heavy (non-hydrogen) atoms. The number of para-hydroxylation sites is 1. The number of nitrogens with two attached hydrogens (primary N) is 1. The van der Waals surface area contributed by atoms with Crippen LogP contribution in [0.15, 0.2) is 52.3 Å². The third kappa shape index (κ3) is 4.80. The number of rotatable bonds is 3.